The van der Waals surface area contributed by atoms with E-state index in [1.165, 1.54) is 5.56 Å². The molecule has 0 saturated carbocycles. The van der Waals surface area contributed by atoms with Gasteiger partial charge in [-0.3, -0.25) is 0 Å². The van der Waals surface area contributed by atoms with Crippen molar-refractivity contribution in [3.63, 3.8) is 0 Å². The second-order valence-corrected chi connectivity index (χ2v) is 7.04. The number of sulfone groups is 1. The van der Waals surface area contributed by atoms with Gasteiger partial charge in [-0.2, -0.15) is 11.3 Å². The fourth-order valence-corrected chi connectivity index (χ4v) is 4.38. The zero-order valence-corrected chi connectivity index (χ0v) is 10.1. The Bertz CT molecular complexity index is 397. The predicted molar refractivity (Wildman–Crippen MR) is 62.8 cm³/mol. The molecule has 1 N–H and O–H groups in total. The van der Waals surface area contributed by atoms with Crippen molar-refractivity contribution in [2.75, 3.05) is 18.1 Å². The minimum atomic E-state index is -2.72. The van der Waals surface area contributed by atoms with Gasteiger partial charge in [0, 0.05) is 6.54 Å². The van der Waals surface area contributed by atoms with Gasteiger partial charge >= 0.3 is 0 Å². The summed E-state index contributed by atoms with van der Waals surface area (Å²) in [5.41, 5.74) is 1.28. The Morgan fingerprint density at radius 1 is 1.53 bits per heavy atom. The number of hydrogen-bond donors (Lipinski definition) is 1. The molecule has 1 unspecified atom stereocenters. The molecule has 2 rings (SSSR count). The Labute approximate surface area is 94.4 Å². The van der Waals surface area contributed by atoms with Crippen LogP contribution in [-0.2, 0) is 16.4 Å². The Morgan fingerprint density at radius 3 is 3.00 bits per heavy atom. The molecular formula is C10H15NO2S2. The third kappa shape index (κ3) is 3.29. The van der Waals surface area contributed by atoms with Gasteiger partial charge in [0.25, 0.3) is 0 Å². The van der Waals surface area contributed by atoms with Crippen molar-refractivity contribution in [2.24, 2.45) is 5.92 Å². The summed E-state index contributed by atoms with van der Waals surface area (Å²) in [6, 6.07) is 2.09. The number of rotatable bonds is 4. The van der Waals surface area contributed by atoms with Gasteiger partial charge in [-0.1, -0.05) is 0 Å². The van der Waals surface area contributed by atoms with Crippen LogP contribution in [0.25, 0.3) is 0 Å². The Morgan fingerprint density at radius 2 is 2.40 bits per heavy atom. The minimum Gasteiger partial charge on any atom is -0.312 e. The van der Waals surface area contributed by atoms with E-state index in [0.717, 1.165) is 19.5 Å². The SMILES string of the molecule is O=S1(=O)CCC(CNCc2ccsc2)C1. The quantitative estimate of drug-likeness (QED) is 0.869. The van der Waals surface area contributed by atoms with E-state index in [4.69, 9.17) is 0 Å². The van der Waals surface area contributed by atoms with E-state index in [2.05, 4.69) is 22.1 Å². The van der Waals surface area contributed by atoms with Gasteiger partial charge in [0.2, 0.25) is 0 Å². The first-order chi connectivity index (χ1) is 7.16. The molecule has 1 aromatic heterocycles. The Balaban J connectivity index is 1.71. The van der Waals surface area contributed by atoms with Gasteiger partial charge in [0.05, 0.1) is 11.5 Å². The van der Waals surface area contributed by atoms with Crippen molar-refractivity contribution in [2.45, 2.75) is 13.0 Å². The topological polar surface area (TPSA) is 46.2 Å². The molecule has 0 aliphatic carbocycles. The molecular weight excluding hydrogens is 230 g/mol. The fraction of sp³-hybridized carbons (Fsp3) is 0.600. The first-order valence-corrected chi connectivity index (χ1v) is 7.84. The maximum Gasteiger partial charge on any atom is 0.150 e. The number of thiophene rings is 1. The summed E-state index contributed by atoms with van der Waals surface area (Å²) in [7, 11) is -2.72. The van der Waals surface area contributed by atoms with Crippen LogP contribution in [0.2, 0.25) is 0 Å². The molecule has 0 radical (unpaired) electrons. The lowest BCUT2D eigenvalue weighted by Gasteiger charge is -2.08. The summed E-state index contributed by atoms with van der Waals surface area (Å²) in [5, 5.41) is 7.47. The molecule has 0 bridgehead atoms. The summed E-state index contributed by atoms with van der Waals surface area (Å²) in [6.45, 7) is 1.66. The maximum absolute atomic E-state index is 11.2. The van der Waals surface area contributed by atoms with E-state index in [1.807, 2.05) is 0 Å². The molecule has 1 atom stereocenters. The second-order valence-electron chi connectivity index (χ2n) is 4.03. The van der Waals surface area contributed by atoms with Gasteiger partial charge in [-0.05, 0) is 41.3 Å². The van der Waals surface area contributed by atoms with E-state index >= 15 is 0 Å². The van der Waals surface area contributed by atoms with Gasteiger partial charge < -0.3 is 5.32 Å². The second kappa shape index (κ2) is 4.63. The van der Waals surface area contributed by atoms with E-state index < -0.39 is 9.84 Å². The molecule has 3 nitrogen and oxygen atoms in total. The van der Waals surface area contributed by atoms with Crippen molar-refractivity contribution in [3.05, 3.63) is 22.4 Å². The van der Waals surface area contributed by atoms with E-state index in [0.29, 0.717) is 17.4 Å². The van der Waals surface area contributed by atoms with Crippen LogP contribution in [0.15, 0.2) is 16.8 Å². The zero-order chi connectivity index (χ0) is 10.7. The monoisotopic (exact) mass is 245 g/mol. The highest BCUT2D eigenvalue weighted by Gasteiger charge is 2.27. The third-order valence-corrected chi connectivity index (χ3v) is 5.24. The summed E-state index contributed by atoms with van der Waals surface area (Å²) < 4.78 is 22.4. The fourth-order valence-electron chi connectivity index (χ4n) is 1.85. The summed E-state index contributed by atoms with van der Waals surface area (Å²) in [4.78, 5) is 0. The zero-order valence-electron chi connectivity index (χ0n) is 8.48. The largest absolute Gasteiger partial charge is 0.312 e. The van der Waals surface area contributed by atoms with E-state index in [-0.39, 0.29) is 0 Å². The molecule has 84 valence electrons. The summed E-state index contributed by atoms with van der Waals surface area (Å²) >= 11 is 1.69. The van der Waals surface area contributed by atoms with Crippen LogP contribution >= 0.6 is 11.3 Å². The first-order valence-electron chi connectivity index (χ1n) is 5.08. The molecule has 1 aliphatic rings. The normalized spacial score (nSPS) is 24.4. The average Bonchev–Trinajstić information content (AvgIpc) is 2.76. The maximum atomic E-state index is 11.2. The average molecular weight is 245 g/mol. The lowest BCUT2D eigenvalue weighted by molar-refractivity contribution is 0.521. The van der Waals surface area contributed by atoms with Crippen molar-refractivity contribution in [3.8, 4) is 0 Å². The molecule has 15 heavy (non-hydrogen) atoms. The molecule has 5 heteroatoms. The molecule has 0 amide bonds. The van der Waals surface area contributed by atoms with Crippen molar-refractivity contribution >= 4 is 21.2 Å². The predicted octanol–water partition coefficient (Wildman–Crippen LogP) is 1.27. The van der Waals surface area contributed by atoms with Crippen LogP contribution in [0.3, 0.4) is 0 Å². The lowest BCUT2D eigenvalue weighted by Crippen LogP contribution is -2.23. The Kier molecular flexibility index (Phi) is 3.43. The Hall–Kier alpha value is -0.390. The lowest BCUT2D eigenvalue weighted by atomic mass is 10.1. The highest BCUT2D eigenvalue weighted by molar-refractivity contribution is 7.91. The van der Waals surface area contributed by atoms with Gasteiger partial charge in [-0.15, -0.1) is 0 Å². The highest BCUT2D eigenvalue weighted by atomic mass is 32.2. The highest BCUT2D eigenvalue weighted by Crippen LogP contribution is 2.17. The van der Waals surface area contributed by atoms with E-state index in [9.17, 15) is 8.42 Å². The molecule has 0 aromatic carbocycles. The van der Waals surface area contributed by atoms with Crippen molar-refractivity contribution < 1.29 is 8.42 Å². The smallest absolute Gasteiger partial charge is 0.150 e. The minimum absolute atomic E-state index is 0.314. The van der Waals surface area contributed by atoms with Crippen LogP contribution in [0.5, 0.6) is 0 Å². The summed E-state index contributed by atoms with van der Waals surface area (Å²) in [6.07, 6.45) is 0.818. The first kappa shape index (κ1) is 11.1. The van der Waals surface area contributed by atoms with Gasteiger partial charge in [0.1, 0.15) is 0 Å². The van der Waals surface area contributed by atoms with Crippen LogP contribution in [0, 0.1) is 5.92 Å². The van der Waals surface area contributed by atoms with Crippen molar-refractivity contribution in [1.29, 1.82) is 0 Å². The van der Waals surface area contributed by atoms with Gasteiger partial charge in [-0.25, -0.2) is 8.42 Å². The third-order valence-electron chi connectivity index (χ3n) is 2.67. The molecule has 2 heterocycles. The van der Waals surface area contributed by atoms with Crippen LogP contribution in [0.1, 0.15) is 12.0 Å². The standard InChI is InChI=1S/C10H15NO2S2/c12-15(13)4-2-10(8-15)6-11-5-9-1-3-14-7-9/h1,3,7,10-11H,2,4-6,8H2. The van der Waals surface area contributed by atoms with Gasteiger partial charge in [0.15, 0.2) is 9.84 Å². The van der Waals surface area contributed by atoms with Crippen LogP contribution < -0.4 is 5.32 Å². The number of hydrogen-bond acceptors (Lipinski definition) is 4. The molecule has 1 fully saturated rings. The molecule has 1 aliphatic heterocycles. The molecule has 1 saturated heterocycles. The molecule has 1 aromatic rings. The van der Waals surface area contributed by atoms with E-state index in [1.54, 1.807) is 11.3 Å². The van der Waals surface area contributed by atoms with Crippen LogP contribution in [-0.4, -0.2) is 26.5 Å². The number of nitrogens with one attached hydrogen (secondary N) is 1. The van der Waals surface area contributed by atoms with Crippen LogP contribution in [0.4, 0.5) is 0 Å². The molecule has 0 spiro atoms. The summed E-state index contributed by atoms with van der Waals surface area (Å²) in [5.74, 6) is 1.05. The van der Waals surface area contributed by atoms with Crippen molar-refractivity contribution in [1.82, 2.24) is 5.32 Å².